The molecule has 2 N–H and O–H groups in total. The van der Waals surface area contributed by atoms with Gasteiger partial charge in [-0.1, -0.05) is 6.07 Å². The van der Waals surface area contributed by atoms with Crippen LogP contribution in [0.1, 0.15) is 43.5 Å². The lowest BCUT2D eigenvalue weighted by Gasteiger charge is -2.26. The molecule has 1 fully saturated rings. The Kier molecular flexibility index (Phi) is 5.54. The van der Waals surface area contributed by atoms with Crippen LogP contribution in [0.25, 0.3) is 0 Å². The maximum absolute atomic E-state index is 12.5. The average Bonchev–Trinajstić information content (AvgIpc) is 3.06. The number of hydrogen-bond donors (Lipinski definition) is 2. The number of rotatable bonds is 6. The first-order chi connectivity index (χ1) is 10.5. The molecule has 1 aliphatic rings. The zero-order chi connectivity index (χ0) is 16.1. The lowest BCUT2D eigenvalue weighted by atomic mass is 10.1. The van der Waals surface area contributed by atoms with E-state index in [0.29, 0.717) is 6.54 Å². The van der Waals surface area contributed by atoms with Crippen LogP contribution in [0.2, 0.25) is 0 Å². The van der Waals surface area contributed by atoms with Gasteiger partial charge in [-0.05, 0) is 24.3 Å². The van der Waals surface area contributed by atoms with E-state index in [0.717, 1.165) is 17.7 Å². The number of amides is 2. The zero-order valence-corrected chi connectivity index (χ0v) is 13.3. The molecule has 0 aliphatic carbocycles. The second-order valence-electron chi connectivity index (χ2n) is 5.45. The fraction of sp³-hybridized carbons (Fsp3) is 0.533. The predicted octanol–water partition coefficient (Wildman–Crippen LogP) is 1.78. The van der Waals surface area contributed by atoms with Crippen molar-refractivity contribution in [2.24, 2.45) is 0 Å². The summed E-state index contributed by atoms with van der Waals surface area (Å²) in [6.07, 6.45) is 1.70. The number of nitrogens with one attached hydrogen (secondary N) is 1. The van der Waals surface area contributed by atoms with Crippen molar-refractivity contribution in [3.05, 3.63) is 22.4 Å². The monoisotopic (exact) mass is 324 g/mol. The summed E-state index contributed by atoms with van der Waals surface area (Å²) >= 11 is 1.49. The first-order valence-electron chi connectivity index (χ1n) is 7.29. The lowest BCUT2D eigenvalue weighted by molar-refractivity contribution is -0.140. The molecule has 22 heavy (non-hydrogen) atoms. The van der Waals surface area contributed by atoms with Crippen LogP contribution in [-0.4, -0.2) is 40.4 Å². The largest absolute Gasteiger partial charge is 0.481 e. The Balaban J connectivity index is 2.04. The van der Waals surface area contributed by atoms with Crippen molar-refractivity contribution < 1.29 is 19.5 Å². The van der Waals surface area contributed by atoms with Gasteiger partial charge in [-0.3, -0.25) is 14.4 Å². The Hall–Kier alpha value is -1.89. The number of hydrogen-bond acceptors (Lipinski definition) is 4. The molecule has 1 saturated heterocycles. The highest BCUT2D eigenvalue weighted by Crippen LogP contribution is 2.26. The third-order valence-corrected chi connectivity index (χ3v) is 4.74. The van der Waals surface area contributed by atoms with Gasteiger partial charge in [0.1, 0.15) is 0 Å². The number of carbonyl (C=O) groups is 3. The van der Waals surface area contributed by atoms with Crippen molar-refractivity contribution in [2.45, 2.75) is 44.7 Å². The van der Waals surface area contributed by atoms with Crippen LogP contribution in [0.4, 0.5) is 0 Å². The standard InChI is InChI=1S/C15H20N2O4S/c1-10(18)16-12(13-5-3-7-22-13)9-14(19)17-6-2-4-11(17)8-15(20)21/h3,5,7,11-12H,2,4,6,8-9H2,1H3,(H,16,18)(H,20,21). The predicted molar refractivity (Wildman–Crippen MR) is 82.5 cm³/mol. The van der Waals surface area contributed by atoms with Crippen LogP contribution in [-0.2, 0) is 14.4 Å². The molecule has 2 heterocycles. The third-order valence-electron chi connectivity index (χ3n) is 3.75. The zero-order valence-electron chi connectivity index (χ0n) is 12.4. The molecule has 0 saturated carbocycles. The summed E-state index contributed by atoms with van der Waals surface area (Å²) in [7, 11) is 0. The minimum atomic E-state index is -0.888. The highest BCUT2D eigenvalue weighted by molar-refractivity contribution is 7.10. The summed E-state index contributed by atoms with van der Waals surface area (Å²) in [5.41, 5.74) is 0. The first kappa shape index (κ1) is 16.5. The molecule has 0 radical (unpaired) electrons. The van der Waals surface area contributed by atoms with Crippen LogP contribution >= 0.6 is 11.3 Å². The Morgan fingerprint density at radius 3 is 2.86 bits per heavy atom. The van der Waals surface area contributed by atoms with Crippen molar-refractivity contribution in [3.8, 4) is 0 Å². The quantitative estimate of drug-likeness (QED) is 0.835. The van der Waals surface area contributed by atoms with Crippen LogP contribution in [0.15, 0.2) is 17.5 Å². The summed E-state index contributed by atoms with van der Waals surface area (Å²) in [6, 6.07) is 3.18. The van der Waals surface area contributed by atoms with Crippen LogP contribution in [0, 0.1) is 0 Å². The fourth-order valence-corrected chi connectivity index (χ4v) is 3.61. The van der Waals surface area contributed by atoms with E-state index in [1.165, 1.54) is 18.3 Å². The van der Waals surface area contributed by atoms with E-state index in [4.69, 9.17) is 5.11 Å². The molecule has 2 atom stereocenters. The molecule has 0 spiro atoms. The minimum Gasteiger partial charge on any atom is -0.481 e. The normalized spacial score (nSPS) is 19.0. The molecule has 6 nitrogen and oxygen atoms in total. The molecular weight excluding hydrogens is 304 g/mol. The maximum atomic E-state index is 12.5. The van der Waals surface area contributed by atoms with Gasteiger partial charge in [0.2, 0.25) is 11.8 Å². The Morgan fingerprint density at radius 2 is 2.27 bits per heavy atom. The molecule has 0 aromatic carbocycles. The van der Waals surface area contributed by atoms with Gasteiger partial charge in [-0.25, -0.2) is 0 Å². The third kappa shape index (κ3) is 4.30. The maximum Gasteiger partial charge on any atom is 0.305 e. The second kappa shape index (κ2) is 7.40. The number of carboxylic acid groups (broad SMARTS) is 1. The molecular formula is C15H20N2O4S. The molecule has 120 valence electrons. The second-order valence-corrected chi connectivity index (χ2v) is 6.43. The number of carbonyl (C=O) groups excluding carboxylic acids is 2. The number of thiophene rings is 1. The van der Waals surface area contributed by atoms with Crippen LogP contribution in [0.5, 0.6) is 0 Å². The van der Waals surface area contributed by atoms with Crippen molar-refractivity contribution in [3.63, 3.8) is 0 Å². The van der Waals surface area contributed by atoms with Gasteiger partial charge in [-0.2, -0.15) is 0 Å². The Morgan fingerprint density at radius 1 is 1.50 bits per heavy atom. The summed E-state index contributed by atoms with van der Waals surface area (Å²) < 4.78 is 0. The number of likely N-dealkylation sites (tertiary alicyclic amines) is 1. The number of aliphatic carboxylic acids is 1. The van der Waals surface area contributed by atoms with E-state index < -0.39 is 5.97 Å². The van der Waals surface area contributed by atoms with Gasteiger partial charge >= 0.3 is 5.97 Å². The first-order valence-corrected chi connectivity index (χ1v) is 8.17. The van der Waals surface area contributed by atoms with Crippen molar-refractivity contribution in [1.29, 1.82) is 0 Å². The van der Waals surface area contributed by atoms with Crippen molar-refractivity contribution in [2.75, 3.05) is 6.54 Å². The summed E-state index contributed by atoms with van der Waals surface area (Å²) in [4.78, 5) is 37.3. The highest BCUT2D eigenvalue weighted by Gasteiger charge is 2.32. The van der Waals surface area contributed by atoms with Gasteiger partial charge in [0.15, 0.2) is 0 Å². The molecule has 2 amide bonds. The average molecular weight is 324 g/mol. The molecule has 1 aromatic heterocycles. The van der Waals surface area contributed by atoms with Gasteiger partial charge in [0.25, 0.3) is 0 Å². The van der Waals surface area contributed by atoms with E-state index in [9.17, 15) is 14.4 Å². The number of carboxylic acids is 1. The topological polar surface area (TPSA) is 86.7 Å². The Labute approximate surface area is 133 Å². The molecule has 1 aromatic rings. The smallest absolute Gasteiger partial charge is 0.305 e. The van der Waals surface area contributed by atoms with Gasteiger partial charge in [0.05, 0.1) is 18.9 Å². The highest BCUT2D eigenvalue weighted by atomic mass is 32.1. The molecule has 1 aliphatic heterocycles. The van der Waals surface area contributed by atoms with Crippen molar-refractivity contribution in [1.82, 2.24) is 10.2 Å². The molecule has 7 heteroatoms. The van der Waals surface area contributed by atoms with Gasteiger partial charge in [-0.15, -0.1) is 11.3 Å². The van der Waals surface area contributed by atoms with E-state index in [-0.39, 0.29) is 36.7 Å². The minimum absolute atomic E-state index is 0.0183. The Bertz CT molecular complexity index is 544. The van der Waals surface area contributed by atoms with E-state index in [2.05, 4.69) is 5.32 Å². The van der Waals surface area contributed by atoms with Crippen LogP contribution in [0.3, 0.4) is 0 Å². The van der Waals surface area contributed by atoms with Gasteiger partial charge in [0, 0.05) is 24.4 Å². The number of nitrogens with zero attached hydrogens (tertiary/aromatic N) is 1. The van der Waals surface area contributed by atoms with Crippen molar-refractivity contribution >= 4 is 29.1 Å². The van der Waals surface area contributed by atoms with Crippen LogP contribution < -0.4 is 5.32 Å². The SMILES string of the molecule is CC(=O)NC(CC(=O)N1CCCC1CC(=O)O)c1cccs1. The summed E-state index contributed by atoms with van der Waals surface area (Å²) in [5.74, 6) is -1.17. The van der Waals surface area contributed by atoms with E-state index in [1.807, 2.05) is 17.5 Å². The summed E-state index contributed by atoms with van der Waals surface area (Å²) in [6.45, 7) is 2.02. The van der Waals surface area contributed by atoms with E-state index >= 15 is 0 Å². The lowest BCUT2D eigenvalue weighted by Crippen LogP contribution is -2.39. The fourth-order valence-electron chi connectivity index (χ4n) is 2.83. The van der Waals surface area contributed by atoms with E-state index in [1.54, 1.807) is 4.90 Å². The molecule has 2 unspecified atom stereocenters. The summed E-state index contributed by atoms with van der Waals surface area (Å²) in [5, 5.41) is 13.6. The molecule has 2 rings (SSSR count). The van der Waals surface area contributed by atoms with Gasteiger partial charge < -0.3 is 15.3 Å². The molecule has 0 bridgehead atoms.